The molecule has 1 N–H and O–H groups in total. The van der Waals surface area contributed by atoms with Gasteiger partial charge in [-0.1, -0.05) is 12.8 Å². The van der Waals surface area contributed by atoms with Crippen molar-refractivity contribution in [1.82, 2.24) is 0 Å². The van der Waals surface area contributed by atoms with Crippen LogP contribution in [0.5, 0.6) is 0 Å². The third-order valence-corrected chi connectivity index (χ3v) is 3.51. The first-order chi connectivity index (χ1) is 8.63. The van der Waals surface area contributed by atoms with E-state index in [4.69, 9.17) is 0 Å². The SMILES string of the molecule is O=C=NC1(c2cc(F)c(F)cc2CO)CCCC1. The van der Waals surface area contributed by atoms with Crippen molar-refractivity contribution in [2.24, 2.45) is 4.99 Å². The number of benzene rings is 1. The maximum Gasteiger partial charge on any atom is 0.235 e. The van der Waals surface area contributed by atoms with Gasteiger partial charge in [0.2, 0.25) is 6.08 Å². The monoisotopic (exact) mass is 253 g/mol. The van der Waals surface area contributed by atoms with Crippen LogP contribution in [0.2, 0.25) is 0 Å². The van der Waals surface area contributed by atoms with Crippen molar-refractivity contribution < 1.29 is 18.7 Å². The average molecular weight is 253 g/mol. The molecule has 0 aromatic heterocycles. The summed E-state index contributed by atoms with van der Waals surface area (Å²) in [6, 6.07) is 2.00. The first kappa shape index (κ1) is 12.9. The number of nitrogens with zero attached hydrogens (tertiary/aromatic N) is 1. The van der Waals surface area contributed by atoms with Gasteiger partial charge in [0.25, 0.3) is 0 Å². The van der Waals surface area contributed by atoms with Gasteiger partial charge in [-0.15, -0.1) is 0 Å². The second-order valence-electron chi connectivity index (χ2n) is 4.52. The molecule has 2 rings (SSSR count). The number of aliphatic hydroxyl groups excluding tert-OH is 1. The maximum atomic E-state index is 13.4. The van der Waals surface area contributed by atoms with Crippen LogP contribution in [0.1, 0.15) is 36.8 Å². The molecule has 3 nitrogen and oxygen atoms in total. The number of halogens is 2. The van der Waals surface area contributed by atoms with Gasteiger partial charge in [-0.05, 0) is 36.1 Å². The minimum absolute atomic E-state index is 0.273. The van der Waals surface area contributed by atoms with E-state index in [1.54, 1.807) is 0 Å². The minimum atomic E-state index is -1.01. The van der Waals surface area contributed by atoms with E-state index in [9.17, 15) is 18.7 Å². The quantitative estimate of drug-likeness (QED) is 0.664. The fourth-order valence-electron chi connectivity index (χ4n) is 2.64. The van der Waals surface area contributed by atoms with Gasteiger partial charge in [0.05, 0.1) is 12.1 Å². The third kappa shape index (κ3) is 2.07. The highest BCUT2D eigenvalue weighted by molar-refractivity contribution is 5.42. The number of isocyanates is 1. The number of aliphatic imine (C=N–C) groups is 1. The van der Waals surface area contributed by atoms with Crippen LogP contribution in [0, 0.1) is 11.6 Å². The highest BCUT2D eigenvalue weighted by Crippen LogP contribution is 2.43. The first-order valence-corrected chi connectivity index (χ1v) is 5.81. The van der Waals surface area contributed by atoms with Crippen molar-refractivity contribution in [3.05, 3.63) is 34.9 Å². The molecule has 1 fully saturated rings. The van der Waals surface area contributed by atoms with Gasteiger partial charge >= 0.3 is 0 Å². The molecule has 5 heteroatoms. The first-order valence-electron chi connectivity index (χ1n) is 5.81. The Morgan fingerprint density at radius 3 is 2.44 bits per heavy atom. The molecule has 0 heterocycles. The molecule has 0 saturated heterocycles. The van der Waals surface area contributed by atoms with Gasteiger partial charge in [-0.3, -0.25) is 0 Å². The highest BCUT2D eigenvalue weighted by atomic mass is 19.2. The van der Waals surface area contributed by atoms with Gasteiger partial charge in [0.1, 0.15) is 0 Å². The normalized spacial score (nSPS) is 17.5. The topological polar surface area (TPSA) is 49.7 Å². The lowest BCUT2D eigenvalue weighted by atomic mass is 9.85. The fourth-order valence-corrected chi connectivity index (χ4v) is 2.64. The van der Waals surface area contributed by atoms with Gasteiger partial charge in [0.15, 0.2) is 11.6 Å². The molecular formula is C13H13F2NO2. The van der Waals surface area contributed by atoms with E-state index in [2.05, 4.69) is 4.99 Å². The molecule has 0 bridgehead atoms. The van der Waals surface area contributed by atoms with E-state index in [0.29, 0.717) is 18.4 Å². The lowest BCUT2D eigenvalue weighted by Gasteiger charge is -2.25. The lowest BCUT2D eigenvalue weighted by molar-refractivity contribution is 0.275. The fraction of sp³-hybridized carbons (Fsp3) is 0.462. The molecule has 0 unspecified atom stereocenters. The van der Waals surface area contributed by atoms with Crippen LogP contribution in [-0.2, 0) is 16.9 Å². The van der Waals surface area contributed by atoms with Crippen LogP contribution in [0.3, 0.4) is 0 Å². The smallest absolute Gasteiger partial charge is 0.235 e. The second kappa shape index (κ2) is 4.96. The summed E-state index contributed by atoms with van der Waals surface area (Å²) in [5.41, 5.74) is -0.187. The Morgan fingerprint density at radius 1 is 1.28 bits per heavy atom. The summed E-state index contributed by atoms with van der Waals surface area (Å²) in [4.78, 5) is 14.4. The van der Waals surface area contributed by atoms with Gasteiger partial charge < -0.3 is 5.11 Å². The highest BCUT2D eigenvalue weighted by Gasteiger charge is 2.38. The molecule has 0 atom stereocenters. The summed E-state index contributed by atoms with van der Waals surface area (Å²) < 4.78 is 26.5. The Kier molecular flexibility index (Phi) is 3.55. The molecule has 1 saturated carbocycles. The molecule has 0 spiro atoms. The predicted molar refractivity (Wildman–Crippen MR) is 60.5 cm³/mol. The Hall–Kier alpha value is -1.58. The molecule has 1 aliphatic carbocycles. The summed E-state index contributed by atoms with van der Waals surface area (Å²) >= 11 is 0. The van der Waals surface area contributed by atoms with E-state index in [0.717, 1.165) is 25.0 Å². The Bertz CT molecular complexity index is 504. The van der Waals surface area contributed by atoms with E-state index in [-0.39, 0.29) is 5.56 Å². The van der Waals surface area contributed by atoms with Gasteiger partial charge in [0, 0.05) is 0 Å². The van der Waals surface area contributed by atoms with Crippen LogP contribution in [0.25, 0.3) is 0 Å². The van der Waals surface area contributed by atoms with Crippen LogP contribution < -0.4 is 0 Å². The van der Waals surface area contributed by atoms with Gasteiger partial charge in [-0.25, -0.2) is 13.6 Å². The largest absolute Gasteiger partial charge is 0.392 e. The zero-order chi connectivity index (χ0) is 13.2. The lowest BCUT2D eigenvalue weighted by Crippen LogP contribution is -2.22. The summed E-state index contributed by atoms with van der Waals surface area (Å²) in [7, 11) is 0. The molecular weight excluding hydrogens is 240 g/mol. The van der Waals surface area contributed by atoms with Crippen molar-refractivity contribution >= 4 is 6.08 Å². The minimum Gasteiger partial charge on any atom is -0.392 e. The van der Waals surface area contributed by atoms with E-state index in [1.165, 1.54) is 6.08 Å². The Balaban J connectivity index is 2.60. The molecule has 1 aromatic rings. The zero-order valence-corrected chi connectivity index (χ0v) is 9.75. The molecule has 1 aliphatic rings. The third-order valence-electron chi connectivity index (χ3n) is 3.51. The van der Waals surface area contributed by atoms with Gasteiger partial charge in [-0.2, -0.15) is 4.99 Å². The van der Waals surface area contributed by atoms with E-state index < -0.39 is 23.8 Å². The predicted octanol–water partition coefficient (Wildman–Crippen LogP) is 2.56. The van der Waals surface area contributed by atoms with Crippen molar-refractivity contribution in [1.29, 1.82) is 0 Å². The zero-order valence-electron chi connectivity index (χ0n) is 9.75. The maximum absolute atomic E-state index is 13.4. The Morgan fingerprint density at radius 2 is 1.89 bits per heavy atom. The van der Waals surface area contributed by atoms with Crippen molar-refractivity contribution in [2.45, 2.75) is 37.8 Å². The summed E-state index contributed by atoms with van der Waals surface area (Å²) in [6.07, 6.45) is 4.39. The van der Waals surface area contributed by atoms with Crippen LogP contribution >= 0.6 is 0 Å². The van der Waals surface area contributed by atoms with Crippen molar-refractivity contribution in [2.75, 3.05) is 0 Å². The molecule has 18 heavy (non-hydrogen) atoms. The summed E-state index contributed by atoms with van der Waals surface area (Å²) in [5, 5.41) is 9.25. The number of hydrogen-bond acceptors (Lipinski definition) is 3. The van der Waals surface area contributed by atoms with E-state index >= 15 is 0 Å². The second-order valence-corrected chi connectivity index (χ2v) is 4.52. The van der Waals surface area contributed by atoms with Crippen LogP contribution in [0.4, 0.5) is 8.78 Å². The number of rotatable bonds is 3. The molecule has 0 aliphatic heterocycles. The summed E-state index contributed by atoms with van der Waals surface area (Å²) in [6.45, 7) is -0.414. The number of hydrogen-bond donors (Lipinski definition) is 1. The van der Waals surface area contributed by atoms with Crippen LogP contribution in [0.15, 0.2) is 17.1 Å². The average Bonchev–Trinajstić information content (AvgIpc) is 2.82. The standard InChI is InChI=1S/C13H13F2NO2/c14-11-5-9(7-17)10(6-12(11)15)13(16-8-18)3-1-2-4-13/h5-6,17H,1-4,7H2. The molecule has 96 valence electrons. The van der Waals surface area contributed by atoms with Crippen molar-refractivity contribution in [3.63, 3.8) is 0 Å². The van der Waals surface area contributed by atoms with E-state index in [1.807, 2.05) is 0 Å². The van der Waals surface area contributed by atoms with Crippen molar-refractivity contribution in [3.8, 4) is 0 Å². The van der Waals surface area contributed by atoms with Crippen LogP contribution in [-0.4, -0.2) is 11.2 Å². The summed E-state index contributed by atoms with van der Waals surface area (Å²) in [5.74, 6) is -2.00. The number of carbonyl (C=O) groups excluding carboxylic acids is 1. The molecule has 0 radical (unpaired) electrons. The molecule has 1 aromatic carbocycles. The Labute approximate surface area is 103 Å². The number of aliphatic hydroxyl groups is 1. The molecule has 0 amide bonds.